The van der Waals surface area contributed by atoms with Gasteiger partial charge in [0.15, 0.2) is 5.66 Å². The normalized spacial score (nSPS) is 18.3. The predicted octanol–water partition coefficient (Wildman–Crippen LogP) is 4.86. The molecule has 1 atom stereocenters. The Hall–Kier alpha value is -3.14. The molecular formula is C22H20N4. The van der Waals surface area contributed by atoms with Gasteiger partial charge in [-0.2, -0.15) is 0 Å². The molecule has 3 heterocycles. The third kappa shape index (κ3) is 1.96. The van der Waals surface area contributed by atoms with Crippen molar-refractivity contribution in [1.82, 2.24) is 14.5 Å². The van der Waals surface area contributed by atoms with Crippen molar-refractivity contribution in [2.24, 2.45) is 0 Å². The number of aromatic nitrogens is 3. The van der Waals surface area contributed by atoms with Crippen LogP contribution in [0.1, 0.15) is 23.7 Å². The molecule has 1 N–H and O–H groups in total. The number of aryl methyl sites for hydroxylation is 2. The average molecular weight is 340 g/mol. The highest BCUT2D eigenvalue weighted by atomic mass is 15.3. The lowest BCUT2D eigenvalue weighted by molar-refractivity contribution is 0.449. The SMILES string of the molecule is Cc1cc2nc3n(c2cc1C)C(C)(c1ccccn1)Nc1ccccc1-3. The van der Waals surface area contributed by atoms with E-state index in [9.17, 15) is 0 Å². The molecule has 0 radical (unpaired) electrons. The molecule has 1 aliphatic rings. The summed E-state index contributed by atoms with van der Waals surface area (Å²) in [5, 5.41) is 3.72. The van der Waals surface area contributed by atoms with E-state index < -0.39 is 5.66 Å². The lowest BCUT2D eigenvalue weighted by Gasteiger charge is -2.39. The van der Waals surface area contributed by atoms with Crippen LogP contribution in [0.4, 0.5) is 5.69 Å². The first-order valence-electron chi connectivity index (χ1n) is 8.87. The Bertz CT molecular complexity index is 1140. The molecule has 1 aliphatic heterocycles. The topological polar surface area (TPSA) is 42.7 Å². The molecular weight excluding hydrogens is 320 g/mol. The number of benzene rings is 2. The van der Waals surface area contributed by atoms with Gasteiger partial charge in [-0.25, -0.2) is 4.98 Å². The predicted molar refractivity (Wildman–Crippen MR) is 105 cm³/mol. The molecule has 26 heavy (non-hydrogen) atoms. The minimum Gasteiger partial charge on any atom is -0.357 e. The van der Waals surface area contributed by atoms with Crippen LogP contribution in [0.5, 0.6) is 0 Å². The van der Waals surface area contributed by atoms with E-state index in [1.807, 2.05) is 18.3 Å². The number of fused-ring (bicyclic) bond motifs is 5. The standard InChI is InChI=1S/C22H20N4/c1-14-12-18-19(13-15(14)2)26-21(24-18)16-8-4-5-9-17(16)25-22(26,3)20-10-6-7-11-23-20/h4-13,25H,1-3H3. The fourth-order valence-corrected chi connectivity index (χ4v) is 3.90. The van der Waals surface area contributed by atoms with Gasteiger partial charge in [0.25, 0.3) is 0 Å². The Morgan fingerprint density at radius 1 is 0.962 bits per heavy atom. The van der Waals surface area contributed by atoms with Crippen LogP contribution in [0.3, 0.4) is 0 Å². The van der Waals surface area contributed by atoms with Crippen LogP contribution in [0.25, 0.3) is 22.4 Å². The van der Waals surface area contributed by atoms with E-state index >= 15 is 0 Å². The van der Waals surface area contributed by atoms with Gasteiger partial charge >= 0.3 is 0 Å². The van der Waals surface area contributed by atoms with Crippen LogP contribution in [0, 0.1) is 13.8 Å². The zero-order chi connectivity index (χ0) is 17.9. The molecule has 0 spiro atoms. The van der Waals surface area contributed by atoms with Gasteiger partial charge in [-0.1, -0.05) is 18.2 Å². The van der Waals surface area contributed by atoms with Crippen molar-refractivity contribution in [2.75, 3.05) is 5.32 Å². The summed E-state index contributed by atoms with van der Waals surface area (Å²) >= 11 is 0. The molecule has 0 amide bonds. The Balaban J connectivity index is 1.92. The Kier molecular flexibility index (Phi) is 3.02. The molecule has 0 bridgehead atoms. The number of rotatable bonds is 1. The molecule has 0 saturated heterocycles. The highest BCUT2D eigenvalue weighted by Crippen LogP contribution is 2.43. The molecule has 128 valence electrons. The summed E-state index contributed by atoms with van der Waals surface area (Å²) in [7, 11) is 0. The summed E-state index contributed by atoms with van der Waals surface area (Å²) in [5.74, 6) is 0.979. The highest BCUT2D eigenvalue weighted by Gasteiger charge is 2.38. The first kappa shape index (κ1) is 15.1. The average Bonchev–Trinajstić information content (AvgIpc) is 3.02. The number of hydrogen-bond acceptors (Lipinski definition) is 3. The zero-order valence-electron chi connectivity index (χ0n) is 15.1. The summed E-state index contributed by atoms with van der Waals surface area (Å²) in [6.45, 7) is 6.46. The van der Waals surface area contributed by atoms with Gasteiger partial charge < -0.3 is 5.32 Å². The quantitative estimate of drug-likeness (QED) is 0.538. The number of imidazole rings is 1. The van der Waals surface area contributed by atoms with Crippen LogP contribution in [0.2, 0.25) is 0 Å². The van der Waals surface area contributed by atoms with Crippen LogP contribution < -0.4 is 5.32 Å². The number of para-hydroxylation sites is 1. The van der Waals surface area contributed by atoms with Crippen molar-refractivity contribution in [3.05, 3.63) is 77.6 Å². The van der Waals surface area contributed by atoms with Gasteiger partial charge in [0.2, 0.25) is 0 Å². The monoisotopic (exact) mass is 340 g/mol. The van der Waals surface area contributed by atoms with E-state index in [1.165, 1.54) is 11.1 Å². The van der Waals surface area contributed by atoms with E-state index in [0.717, 1.165) is 33.8 Å². The van der Waals surface area contributed by atoms with Gasteiger partial charge in [-0.3, -0.25) is 9.55 Å². The Morgan fingerprint density at radius 3 is 2.54 bits per heavy atom. The maximum absolute atomic E-state index is 5.01. The lowest BCUT2D eigenvalue weighted by Crippen LogP contribution is -2.43. The molecule has 2 aromatic heterocycles. The van der Waals surface area contributed by atoms with E-state index in [-0.39, 0.29) is 0 Å². The number of pyridine rings is 1. The third-order valence-electron chi connectivity index (χ3n) is 5.43. The van der Waals surface area contributed by atoms with Crippen molar-refractivity contribution in [3.63, 3.8) is 0 Å². The van der Waals surface area contributed by atoms with E-state index in [1.54, 1.807) is 0 Å². The smallest absolute Gasteiger partial charge is 0.157 e. The molecule has 4 heteroatoms. The molecule has 2 aromatic carbocycles. The van der Waals surface area contributed by atoms with Gasteiger partial charge in [0.1, 0.15) is 5.82 Å². The summed E-state index contributed by atoms with van der Waals surface area (Å²) in [6.07, 6.45) is 1.84. The molecule has 0 fully saturated rings. The fourth-order valence-electron chi connectivity index (χ4n) is 3.90. The van der Waals surface area contributed by atoms with Gasteiger partial charge in [0, 0.05) is 17.4 Å². The maximum atomic E-state index is 5.01. The number of anilines is 1. The van der Waals surface area contributed by atoms with Crippen LogP contribution in [-0.2, 0) is 5.66 Å². The van der Waals surface area contributed by atoms with Gasteiger partial charge in [-0.05, 0) is 68.3 Å². The first-order chi connectivity index (χ1) is 12.6. The molecule has 0 aliphatic carbocycles. The van der Waals surface area contributed by atoms with Gasteiger partial charge in [0.05, 0.1) is 16.7 Å². The number of nitrogens with zero attached hydrogens (tertiary/aromatic N) is 3. The summed E-state index contributed by atoms with van der Waals surface area (Å²) < 4.78 is 2.29. The van der Waals surface area contributed by atoms with Crippen LogP contribution in [-0.4, -0.2) is 14.5 Å². The van der Waals surface area contributed by atoms with Crippen molar-refractivity contribution in [2.45, 2.75) is 26.4 Å². The van der Waals surface area contributed by atoms with E-state index in [4.69, 9.17) is 4.98 Å². The second-order valence-electron chi connectivity index (χ2n) is 7.15. The summed E-state index contributed by atoms with van der Waals surface area (Å²) in [5.41, 5.74) is 7.32. The number of hydrogen-bond donors (Lipinski definition) is 1. The third-order valence-corrected chi connectivity index (χ3v) is 5.43. The maximum Gasteiger partial charge on any atom is 0.157 e. The van der Waals surface area contributed by atoms with E-state index in [0.29, 0.717) is 0 Å². The Labute approximate surface area is 152 Å². The van der Waals surface area contributed by atoms with Crippen molar-refractivity contribution < 1.29 is 0 Å². The molecule has 4 nitrogen and oxygen atoms in total. The molecule has 5 rings (SSSR count). The molecule has 4 aromatic rings. The summed E-state index contributed by atoms with van der Waals surface area (Å²) in [4.78, 5) is 9.67. The lowest BCUT2D eigenvalue weighted by atomic mass is 9.99. The molecule has 1 unspecified atom stereocenters. The van der Waals surface area contributed by atoms with Crippen molar-refractivity contribution in [1.29, 1.82) is 0 Å². The summed E-state index contributed by atoms with van der Waals surface area (Å²) in [6, 6.07) is 18.8. The second-order valence-corrected chi connectivity index (χ2v) is 7.15. The van der Waals surface area contributed by atoms with Gasteiger partial charge in [-0.15, -0.1) is 0 Å². The Morgan fingerprint density at radius 2 is 1.73 bits per heavy atom. The minimum absolute atomic E-state index is 0.513. The zero-order valence-corrected chi connectivity index (χ0v) is 15.1. The van der Waals surface area contributed by atoms with E-state index in [2.05, 4.69) is 78.1 Å². The first-order valence-corrected chi connectivity index (χ1v) is 8.87. The van der Waals surface area contributed by atoms with Crippen LogP contribution in [0.15, 0.2) is 60.8 Å². The van der Waals surface area contributed by atoms with Crippen LogP contribution >= 0.6 is 0 Å². The fraction of sp³-hybridized carbons (Fsp3) is 0.182. The minimum atomic E-state index is -0.513. The largest absolute Gasteiger partial charge is 0.357 e. The number of nitrogens with one attached hydrogen (secondary N) is 1. The highest BCUT2D eigenvalue weighted by molar-refractivity contribution is 5.88. The molecule has 0 saturated carbocycles. The van der Waals surface area contributed by atoms with Crippen molar-refractivity contribution in [3.8, 4) is 11.4 Å². The van der Waals surface area contributed by atoms with Crippen molar-refractivity contribution >= 4 is 16.7 Å². The second kappa shape index (κ2) is 5.18.